The highest BCUT2D eigenvalue weighted by Gasteiger charge is 2.46. The molecule has 0 spiro atoms. The van der Waals surface area contributed by atoms with E-state index < -0.39 is 0 Å². The average molecular weight is 310 g/mol. The molecule has 0 saturated heterocycles. The lowest BCUT2D eigenvalue weighted by Crippen LogP contribution is -2.09. The number of benzene rings is 1. The second-order valence-electron chi connectivity index (χ2n) is 8.01. The molecule has 4 atom stereocenters. The molecule has 0 heterocycles. The minimum Gasteiger partial charge on any atom is -0.207 e. The van der Waals surface area contributed by atoms with Gasteiger partial charge in [-0.15, -0.1) is 0 Å². The second-order valence-corrected chi connectivity index (χ2v) is 8.01. The molecule has 1 aromatic carbocycles. The predicted molar refractivity (Wildman–Crippen MR) is 94.5 cm³/mol. The van der Waals surface area contributed by atoms with Gasteiger partial charge in [-0.05, 0) is 72.6 Å². The molecule has 0 aromatic heterocycles. The van der Waals surface area contributed by atoms with Gasteiger partial charge in [0, 0.05) is 0 Å². The third kappa shape index (κ3) is 2.91. The van der Waals surface area contributed by atoms with Crippen LogP contribution in [0.25, 0.3) is 5.57 Å². The van der Waals surface area contributed by atoms with Crippen molar-refractivity contribution in [3.05, 3.63) is 52.9 Å². The Hall–Kier alpha value is -1.37. The summed E-state index contributed by atoms with van der Waals surface area (Å²) in [7, 11) is 0. The van der Waals surface area contributed by atoms with Crippen molar-refractivity contribution in [2.45, 2.75) is 52.4 Å². The van der Waals surface area contributed by atoms with E-state index in [-0.39, 0.29) is 5.82 Å². The van der Waals surface area contributed by atoms with Crippen LogP contribution in [0.4, 0.5) is 4.39 Å². The normalized spacial score (nSPS) is 33.3. The quantitative estimate of drug-likeness (QED) is 0.561. The van der Waals surface area contributed by atoms with Crippen LogP contribution in [0.5, 0.6) is 0 Å². The third-order valence-electron chi connectivity index (χ3n) is 6.31. The summed E-state index contributed by atoms with van der Waals surface area (Å²) in [5.74, 6) is 3.03. The van der Waals surface area contributed by atoms with Crippen molar-refractivity contribution in [2.24, 2.45) is 23.7 Å². The van der Waals surface area contributed by atoms with E-state index in [1.54, 1.807) is 11.6 Å². The van der Waals surface area contributed by atoms with Gasteiger partial charge in [0.15, 0.2) is 0 Å². The van der Waals surface area contributed by atoms with Crippen LogP contribution in [-0.4, -0.2) is 0 Å². The van der Waals surface area contributed by atoms with E-state index in [9.17, 15) is 4.39 Å². The highest BCUT2D eigenvalue weighted by atomic mass is 19.1. The van der Waals surface area contributed by atoms with E-state index in [4.69, 9.17) is 0 Å². The van der Waals surface area contributed by atoms with Gasteiger partial charge in [0.2, 0.25) is 0 Å². The number of fused-ring (bicyclic) bond motifs is 1. The fourth-order valence-corrected chi connectivity index (χ4v) is 4.68. The van der Waals surface area contributed by atoms with Crippen molar-refractivity contribution in [3.8, 4) is 0 Å². The molecule has 4 unspecified atom stereocenters. The van der Waals surface area contributed by atoms with Crippen LogP contribution in [0.15, 0.2) is 35.9 Å². The van der Waals surface area contributed by atoms with Gasteiger partial charge in [-0.2, -0.15) is 0 Å². The van der Waals surface area contributed by atoms with Crippen LogP contribution in [0.2, 0.25) is 0 Å². The Morgan fingerprint density at radius 2 is 1.87 bits per heavy atom. The largest absolute Gasteiger partial charge is 0.207 e. The molecule has 3 aliphatic carbocycles. The highest BCUT2D eigenvalue weighted by Crippen LogP contribution is 2.57. The van der Waals surface area contributed by atoms with Gasteiger partial charge in [0.05, 0.1) is 0 Å². The van der Waals surface area contributed by atoms with E-state index in [0.717, 1.165) is 28.9 Å². The minimum atomic E-state index is -0.0758. The smallest absolute Gasteiger partial charge is 0.126 e. The SMILES string of the molecule is Cc1ccc(C2=CC=C(C3CCCC(C)CC3)C3CC23)cc1F. The molecular weight excluding hydrogens is 283 g/mol. The number of aryl methyl sites for hydroxylation is 1. The van der Waals surface area contributed by atoms with Crippen LogP contribution in [0.1, 0.15) is 56.6 Å². The Labute approximate surface area is 139 Å². The molecule has 1 heteroatoms. The van der Waals surface area contributed by atoms with Crippen LogP contribution in [0.3, 0.4) is 0 Å². The summed E-state index contributed by atoms with van der Waals surface area (Å²) in [6.07, 6.45) is 12.9. The van der Waals surface area contributed by atoms with Crippen LogP contribution < -0.4 is 0 Å². The second kappa shape index (κ2) is 5.92. The summed E-state index contributed by atoms with van der Waals surface area (Å²) in [5.41, 5.74) is 4.90. The number of allylic oxidation sites excluding steroid dienone is 4. The number of rotatable bonds is 2. The van der Waals surface area contributed by atoms with E-state index in [1.165, 1.54) is 44.1 Å². The predicted octanol–water partition coefficient (Wildman–Crippen LogP) is 6.31. The van der Waals surface area contributed by atoms with Gasteiger partial charge in [-0.1, -0.05) is 56.0 Å². The average Bonchev–Trinajstić information content (AvgIpc) is 3.34. The standard InChI is InChI=1S/C22H27F/c1-14-4-3-5-16(8-6-14)18-10-11-19(21-13-20(18)21)17-9-7-15(2)22(23)12-17/h7,9-12,14,16,20-21H,3-6,8,13H2,1-2H3. The monoisotopic (exact) mass is 310 g/mol. The molecule has 0 amide bonds. The summed E-state index contributed by atoms with van der Waals surface area (Å²) in [6.45, 7) is 4.24. The minimum absolute atomic E-state index is 0.0758. The lowest BCUT2D eigenvalue weighted by Gasteiger charge is -2.22. The topological polar surface area (TPSA) is 0 Å². The first-order valence-corrected chi connectivity index (χ1v) is 9.31. The van der Waals surface area contributed by atoms with E-state index in [0.29, 0.717) is 5.92 Å². The first-order valence-electron chi connectivity index (χ1n) is 9.31. The van der Waals surface area contributed by atoms with Gasteiger partial charge < -0.3 is 0 Å². The Bertz CT molecular complexity index is 667. The lowest BCUT2D eigenvalue weighted by molar-refractivity contribution is 0.476. The first-order chi connectivity index (χ1) is 11.1. The summed E-state index contributed by atoms with van der Waals surface area (Å²) in [6, 6.07) is 5.73. The van der Waals surface area contributed by atoms with Crippen molar-refractivity contribution in [2.75, 3.05) is 0 Å². The van der Waals surface area contributed by atoms with Crippen molar-refractivity contribution >= 4 is 5.57 Å². The lowest BCUT2D eigenvalue weighted by atomic mass is 9.83. The Morgan fingerprint density at radius 1 is 1.00 bits per heavy atom. The zero-order valence-electron chi connectivity index (χ0n) is 14.3. The first kappa shape index (κ1) is 15.2. The maximum absolute atomic E-state index is 13.9. The Balaban J connectivity index is 1.58. The van der Waals surface area contributed by atoms with E-state index >= 15 is 0 Å². The molecule has 4 rings (SSSR count). The molecule has 0 aliphatic heterocycles. The number of hydrogen-bond donors (Lipinski definition) is 0. The third-order valence-corrected chi connectivity index (χ3v) is 6.31. The number of halogens is 1. The van der Waals surface area contributed by atoms with Gasteiger partial charge >= 0.3 is 0 Å². The molecule has 0 radical (unpaired) electrons. The summed E-state index contributed by atoms with van der Waals surface area (Å²) in [5, 5.41) is 0. The maximum atomic E-state index is 13.9. The molecule has 3 aliphatic rings. The van der Waals surface area contributed by atoms with Crippen molar-refractivity contribution in [3.63, 3.8) is 0 Å². The van der Waals surface area contributed by atoms with Crippen LogP contribution in [-0.2, 0) is 0 Å². The maximum Gasteiger partial charge on any atom is 0.126 e. The zero-order chi connectivity index (χ0) is 16.0. The van der Waals surface area contributed by atoms with E-state index in [1.807, 2.05) is 13.0 Å². The Morgan fingerprint density at radius 3 is 2.70 bits per heavy atom. The molecule has 1 aromatic rings. The zero-order valence-corrected chi connectivity index (χ0v) is 14.3. The number of hydrogen-bond acceptors (Lipinski definition) is 0. The molecule has 0 bridgehead atoms. The van der Waals surface area contributed by atoms with Crippen molar-refractivity contribution in [1.82, 2.24) is 0 Å². The van der Waals surface area contributed by atoms with Gasteiger partial charge in [-0.3, -0.25) is 0 Å². The van der Waals surface area contributed by atoms with Gasteiger partial charge in [-0.25, -0.2) is 4.39 Å². The van der Waals surface area contributed by atoms with Crippen molar-refractivity contribution < 1.29 is 4.39 Å². The molecule has 122 valence electrons. The highest BCUT2D eigenvalue weighted by molar-refractivity contribution is 5.74. The Kier molecular flexibility index (Phi) is 3.91. The summed E-state index contributed by atoms with van der Waals surface area (Å²) in [4.78, 5) is 0. The van der Waals surface area contributed by atoms with Gasteiger partial charge in [0.1, 0.15) is 5.82 Å². The summed E-state index contributed by atoms with van der Waals surface area (Å²) >= 11 is 0. The fourth-order valence-electron chi connectivity index (χ4n) is 4.68. The van der Waals surface area contributed by atoms with Crippen molar-refractivity contribution in [1.29, 1.82) is 0 Å². The van der Waals surface area contributed by atoms with Crippen LogP contribution >= 0.6 is 0 Å². The van der Waals surface area contributed by atoms with Gasteiger partial charge in [0.25, 0.3) is 0 Å². The molecular formula is C22H27F. The molecule has 2 fully saturated rings. The van der Waals surface area contributed by atoms with E-state index in [2.05, 4.69) is 25.1 Å². The van der Waals surface area contributed by atoms with Crippen LogP contribution in [0, 0.1) is 36.4 Å². The molecule has 0 nitrogen and oxygen atoms in total. The molecule has 2 saturated carbocycles. The molecule has 0 N–H and O–H groups in total. The fraction of sp³-hybridized carbons (Fsp3) is 0.545. The summed E-state index contributed by atoms with van der Waals surface area (Å²) < 4.78 is 13.9. The molecule has 23 heavy (non-hydrogen) atoms.